The number of rotatable bonds is 8. The van der Waals surface area contributed by atoms with E-state index in [2.05, 4.69) is 15.1 Å². The Morgan fingerprint density at radius 3 is 2.26 bits per heavy atom. The molecule has 1 aliphatic rings. The molecule has 0 spiro atoms. The van der Waals surface area contributed by atoms with Gasteiger partial charge in [0.1, 0.15) is 11.3 Å². The van der Waals surface area contributed by atoms with E-state index in [0.29, 0.717) is 46.2 Å². The Hall–Kier alpha value is -4.43. The molecule has 1 saturated heterocycles. The molecule has 1 N–H and O–H groups in total. The second-order valence-corrected chi connectivity index (χ2v) is 9.93. The van der Waals surface area contributed by atoms with Crippen molar-refractivity contribution in [3.8, 4) is 28.8 Å². The number of hydrogen-bond donors (Lipinski definition) is 1. The first kappa shape index (κ1) is 30.0. The van der Waals surface area contributed by atoms with Gasteiger partial charge in [0.15, 0.2) is 11.3 Å². The van der Waals surface area contributed by atoms with Crippen molar-refractivity contribution in [1.29, 1.82) is 0 Å². The van der Waals surface area contributed by atoms with E-state index in [-0.39, 0.29) is 42.2 Å². The molecule has 0 bridgehead atoms. The molecular formula is C29H31F3N6O5. The van der Waals surface area contributed by atoms with Gasteiger partial charge < -0.3 is 24.2 Å². The summed E-state index contributed by atoms with van der Waals surface area (Å²) in [5.41, 5.74) is -0.127. The number of benzene rings is 1. The predicted octanol–water partition coefficient (Wildman–Crippen LogP) is 3.64. The van der Waals surface area contributed by atoms with Crippen LogP contribution in [0.3, 0.4) is 0 Å². The van der Waals surface area contributed by atoms with Crippen molar-refractivity contribution in [2.75, 3.05) is 54.1 Å². The van der Waals surface area contributed by atoms with Crippen LogP contribution >= 0.6 is 0 Å². The molecule has 5 rings (SSSR count). The van der Waals surface area contributed by atoms with Gasteiger partial charge in [0, 0.05) is 48.9 Å². The number of carbonyl (C=O) groups is 1. The molecule has 43 heavy (non-hydrogen) atoms. The molecule has 11 nitrogen and oxygen atoms in total. The first-order chi connectivity index (χ1) is 20.6. The van der Waals surface area contributed by atoms with Crippen LogP contribution in [0.1, 0.15) is 33.2 Å². The van der Waals surface area contributed by atoms with Gasteiger partial charge in [-0.05, 0) is 37.3 Å². The van der Waals surface area contributed by atoms with Crippen molar-refractivity contribution in [3.05, 3.63) is 65.0 Å². The van der Waals surface area contributed by atoms with E-state index < -0.39 is 23.8 Å². The third-order valence-corrected chi connectivity index (χ3v) is 7.59. The molecule has 0 radical (unpaired) electrons. The molecule has 0 aliphatic carbocycles. The van der Waals surface area contributed by atoms with Gasteiger partial charge in [-0.2, -0.15) is 23.3 Å². The Labute approximate surface area is 245 Å². The van der Waals surface area contributed by atoms with Crippen LogP contribution in [0.25, 0.3) is 16.9 Å². The molecule has 1 amide bonds. The topological polar surface area (TPSA) is 115 Å². The monoisotopic (exact) mass is 600 g/mol. The number of alkyl halides is 3. The van der Waals surface area contributed by atoms with Gasteiger partial charge >= 0.3 is 6.18 Å². The number of aromatic nitrogens is 4. The van der Waals surface area contributed by atoms with Crippen LogP contribution in [0.2, 0.25) is 0 Å². The molecule has 4 heterocycles. The van der Waals surface area contributed by atoms with Crippen molar-refractivity contribution in [2.45, 2.75) is 19.1 Å². The number of ether oxygens (including phenoxy) is 3. The Balaban J connectivity index is 1.43. The number of fused-ring (bicyclic) bond motifs is 1. The number of pyridine rings is 1. The first-order valence-electron chi connectivity index (χ1n) is 13.4. The average Bonchev–Trinajstić information content (AvgIpc) is 3.43. The fourth-order valence-electron chi connectivity index (χ4n) is 5.37. The number of aliphatic hydroxyl groups is 1. The van der Waals surface area contributed by atoms with Gasteiger partial charge in [-0.1, -0.05) is 0 Å². The van der Waals surface area contributed by atoms with Crippen LogP contribution in [-0.2, 0) is 6.18 Å². The van der Waals surface area contributed by atoms with E-state index in [9.17, 15) is 23.1 Å². The minimum Gasteiger partial charge on any atom is -0.497 e. The molecule has 1 aromatic carbocycles. The summed E-state index contributed by atoms with van der Waals surface area (Å²) in [7, 11) is 4.46. The number of nitrogens with zero attached hydrogens (tertiary/aromatic N) is 6. The minimum atomic E-state index is -4.75. The molecule has 3 aromatic heterocycles. The highest BCUT2D eigenvalue weighted by atomic mass is 19.4. The van der Waals surface area contributed by atoms with Gasteiger partial charge in [-0.15, -0.1) is 0 Å². The minimum absolute atomic E-state index is 0.0338. The summed E-state index contributed by atoms with van der Waals surface area (Å²) in [6.45, 7) is 2.43. The lowest BCUT2D eigenvalue weighted by molar-refractivity contribution is -0.143. The fourth-order valence-corrected chi connectivity index (χ4v) is 5.37. The van der Waals surface area contributed by atoms with Crippen LogP contribution in [0.15, 0.2) is 42.6 Å². The molecule has 0 saturated carbocycles. The highest BCUT2D eigenvalue weighted by Crippen LogP contribution is 2.37. The number of carbonyl (C=O) groups excluding carboxylic acids is 1. The second-order valence-electron chi connectivity index (χ2n) is 9.93. The lowest BCUT2D eigenvalue weighted by Crippen LogP contribution is -2.50. The van der Waals surface area contributed by atoms with Crippen LogP contribution < -0.4 is 14.2 Å². The molecule has 14 heteroatoms. The largest absolute Gasteiger partial charge is 0.497 e. The number of aliphatic hydroxyl groups excluding tert-OH is 1. The van der Waals surface area contributed by atoms with Gasteiger partial charge in [-0.3, -0.25) is 9.69 Å². The quantitative estimate of drug-likeness (QED) is 0.324. The van der Waals surface area contributed by atoms with Crippen LogP contribution in [0.4, 0.5) is 13.2 Å². The maximum absolute atomic E-state index is 14.3. The van der Waals surface area contributed by atoms with E-state index >= 15 is 0 Å². The van der Waals surface area contributed by atoms with Crippen molar-refractivity contribution < 1.29 is 37.3 Å². The predicted molar refractivity (Wildman–Crippen MR) is 149 cm³/mol. The van der Waals surface area contributed by atoms with E-state index in [4.69, 9.17) is 14.2 Å². The fraction of sp³-hybridized carbons (Fsp3) is 0.379. The lowest BCUT2D eigenvalue weighted by atomic mass is 10.0. The van der Waals surface area contributed by atoms with Crippen molar-refractivity contribution in [1.82, 2.24) is 29.4 Å². The summed E-state index contributed by atoms with van der Waals surface area (Å²) >= 11 is 0. The zero-order chi connectivity index (χ0) is 30.9. The molecule has 1 aliphatic heterocycles. The van der Waals surface area contributed by atoms with E-state index in [0.717, 1.165) is 6.20 Å². The maximum Gasteiger partial charge on any atom is 0.433 e. The summed E-state index contributed by atoms with van der Waals surface area (Å²) in [5, 5.41) is 14.2. The van der Waals surface area contributed by atoms with Crippen molar-refractivity contribution in [3.63, 3.8) is 0 Å². The van der Waals surface area contributed by atoms with Gasteiger partial charge in [-0.25, -0.2) is 9.50 Å². The maximum atomic E-state index is 14.3. The molecule has 228 valence electrons. The van der Waals surface area contributed by atoms with Gasteiger partial charge in [0.05, 0.1) is 45.9 Å². The summed E-state index contributed by atoms with van der Waals surface area (Å²) in [6.07, 6.45) is -3.62. The van der Waals surface area contributed by atoms with E-state index in [1.165, 1.54) is 28.3 Å². The SMILES string of the molecule is COc1ccc(-c2nc3c(C(=O)N4CCN([C@H](CO)c5ccc(OC)nc5OC)CC4)cnn3c(C(F)(F)F)c2C)cc1. The Morgan fingerprint density at radius 1 is 0.977 bits per heavy atom. The van der Waals surface area contributed by atoms with Crippen molar-refractivity contribution >= 4 is 11.6 Å². The number of halogens is 3. The van der Waals surface area contributed by atoms with Crippen LogP contribution in [-0.4, -0.2) is 94.5 Å². The standard InChI is InChI=1S/C29H31F3N6O5/c1-17-24(18-5-7-19(41-2)8-6-18)35-26-21(15-33-38(26)25(17)29(30,31)32)28(40)37-13-11-36(12-14-37)22(16-39)20-9-10-23(42-3)34-27(20)43-4/h5-10,15,22,39H,11-14,16H2,1-4H3/t22-/m1/s1. The summed E-state index contributed by atoms with van der Waals surface area (Å²) < 4.78 is 59.3. The van der Waals surface area contributed by atoms with E-state index in [1.807, 2.05) is 4.90 Å². The summed E-state index contributed by atoms with van der Waals surface area (Å²) in [4.78, 5) is 26.0. The third kappa shape index (κ3) is 5.67. The summed E-state index contributed by atoms with van der Waals surface area (Å²) in [6, 6.07) is 9.50. The first-order valence-corrected chi connectivity index (χ1v) is 13.4. The Bertz CT molecular complexity index is 1620. The Morgan fingerprint density at radius 2 is 1.67 bits per heavy atom. The molecule has 1 fully saturated rings. The Kier molecular flexibility index (Phi) is 8.42. The van der Waals surface area contributed by atoms with Crippen LogP contribution in [0.5, 0.6) is 17.5 Å². The number of amides is 1. The molecule has 1 atom stereocenters. The van der Waals surface area contributed by atoms with Gasteiger partial charge in [0.2, 0.25) is 11.8 Å². The highest BCUT2D eigenvalue weighted by molar-refractivity contribution is 6.00. The normalized spacial score (nSPS) is 15.0. The highest BCUT2D eigenvalue weighted by Gasteiger charge is 2.39. The second kappa shape index (κ2) is 12.1. The molecule has 0 unspecified atom stereocenters. The molecular weight excluding hydrogens is 569 g/mol. The zero-order valence-corrected chi connectivity index (χ0v) is 24.1. The van der Waals surface area contributed by atoms with Gasteiger partial charge in [0.25, 0.3) is 5.91 Å². The molecule has 4 aromatic rings. The average molecular weight is 601 g/mol. The van der Waals surface area contributed by atoms with Crippen LogP contribution in [0, 0.1) is 6.92 Å². The number of hydrogen-bond acceptors (Lipinski definition) is 9. The lowest BCUT2D eigenvalue weighted by Gasteiger charge is -2.38. The summed E-state index contributed by atoms with van der Waals surface area (Å²) in [5.74, 6) is 0.749. The third-order valence-electron chi connectivity index (χ3n) is 7.59. The smallest absolute Gasteiger partial charge is 0.433 e. The number of methoxy groups -OCH3 is 3. The van der Waals surface area contributed by atoms with E-state index in [1.54, 1.807) is 41.3 Å². The number of piperazine rings is 1. The zero-order valence-electron chi connectivity index (χ0n) is 24.1. The van der Waals surface area contributed by atoms with Crippen molar-refractivity contribution in [2.24, 2.45) is 0 Å².